The van der Waals surface area contributed by atoms with Crippen LogP contribution in [0.4, 0.5) is 0 Å². The van der Waals surface area contributed by atoms with Gasteiger partial charge in [0.15, 0.2) is 0 Å². The Kier molecular flexibility index (Phi) is 28.6. The maximum atomic E-state index is 7.15. The van der Waals surface area contributed by atoms with Crippen molar-refractivity contribution in [2.75, 3.05) is 52.9 Å². The number of rotatable bonds is 32. The monoisotopic (exact) mass is 1190 g/mol. The summed E-state index contributed by atoms with van der Waals surface area (Å²) in [5, 5.41) is 35.5. The van der Waals surface area contributed by atoms with Crippen molar-refractivity contribution in [1.82, 2.24) is 42.5 Å². The van der Waals surface area contributed by atoms with E-state index in [-0.39, 0.29) is 165 Å². The smallest absolute Gasteiger partial charge is 0.0654 e. The Hall–Kier alpha value is -0.0166. The zero-order valence-electron chi connectivity index (χ0n) is 52.5. The summed E-state index contributed by atoms with van der Waals surface area (Å²) in [6.07, 6.45) is 25.6. The average molecular weight is 1200 g/mol. The number of ether oxygens (including phenoxy) is 8. The van der Waals surface area contributed by atoms with E-state index < -0.39 is 0 Å². The Balaban J connectivity index is 0.00000860. The van der Waals surface area contributed by atoms with Gasteiger partial charge in [-0.15, -0.1) is 0 Å². The van der Waals surface area contributed by atoms with Crippen LogP contribution < -0.4 is 42.5 Å². The molecule has 5 heterocycles. The van der Waals surface area contributed by atoms with Crippen LogP contribution in [0, 0.1) is 47.3 Å². The van der Waals surface area contributed by atoms with E-state index in [0.29, 0.717) is 0 Å². The summed E-state index contributed by atoms with van der Waals surface area (Å²) in [5.41, 5.74) is 0. The van der Waals surface area contributed by atoms with Crippen molar-refractivity contribution in [3.8, 4) is 0 Å². The van der Waals surface area contributed by atoms with E-state index in [4.69, 9.17) is 37.9 Å². The molecule has 4 aliphatic carbocycles. The first-order valence-electron chi connectivity index (χ1n) is 34.4. The molecule has 81 heavy (non-hydrogen) atoms. The van der Waals surface area contributed by atoms with E-state index in [2.05, 4.69) is 97.9 Å². The zero-order valence-corrected chi connectivity index (χ0v) is 55.4. The maximum Gasteiger partial charge on any atom is 0.0654 e. The molecule has 0 radical (unpaired) electrons. The van der Waals surface area contributed by atoms with E-state index in [9.17, 15) is 0 Å². The molecule has 0 aromatic carbocycles. The minimum absolute atomic E-state index is 0. The number of nitrogens with one attached hydrogen (secondary N) is 8. The van der Waals surface area contributed by atoms with Crippen molar-refractivity contribution in [1.29, 1.82) is 0 Å². The average Bonchev–Trinajstić information content (AvgIpc) is 4.36. The molecule has 8 N–H and O–H groups in total. The van der Waals surface area contributed by atoms with Crippen LogP contribution in [-0.4, -0.2) is 151 Å². The van der Waals surface area contributed by atoms with Crippen LogP contribution in [-0.2, 0) is 57.4 Å². The van der Waals surface area contributed by atoms with Crippen LogP contribution in [0.25, 0.3) is 0 Å². The molecule has 5 aliphatic heterocycles. The molecular formula is C64H120N8O8Zn. The molecule has 9 fully saturated rings. The second kappa shape index (κ2) is 34.7. The molecule has 466 valence electrons. The third-order valence-corrected chi connectivity index (χ3v) is 20.7. The van der Waals surface area contributed by atoms with Gasteiger partial charge in [0.05, 0.1) is 98.2 Å². The quantitative estimate of drug-likeness (QED) is 0.0237. The first-order chi connectivity index (χ1) is 39.4. The van der Waals surface area contributed by atoms with Gasteiger partial charge in [0.1, 0.15) is 0 Å². The van der Waals surface area contributed by atoms with Gasteiger partial charge in [0.2, 0.25) is 0 Å². The third-order valence-electron chi connectivity index (χ3n) is 20.7. The van der Waals surface area contributed by atoms with Gasteiger partial charge >= 0.3 is 0 Å². The number of hydrogen-bond acceptors (Lipinski definition) is 16. The topological polar surface area (TPSA) is 170 Å². The SMILES string of the molecule is CCCCOC1CCC(OCCCC)C2C3NC(NC4NC(NC5NC(NC6NC(N3)C3C(OCCCC)CCC(OCCCC)C63)C3C(OCCCC)CCC(OCCCC)C53)C3C(OCCCC)CCC(OCCCC)C43)C12.[Zn]. The number of fused-ring (bicyclic) bond motifs is 20. The Morgan fingerprint density at radius 2 is 0.321 bits per heavy atom. The molecule has 8 bridgehead atoms. The standard InChI is InChI=1S/C64H120N8O8.Zn/c1-9-17-33-73-41-25-26-42(74-34-18-10-2)50-49(41)57-65-58(50)70-60-53-45(77-37-21-13-5)29-30-46(78-38-22-14-6)54(53)62(67-60)72-64-56-48(80-40-24-16-8)32-31-47(79-39-23-15-7)55(56)63(68-64)71-61-52-44(76-36-20-12-4)28-27-43(75-35-19-11-3)51(52)59(66-61)69-57;/h41-72H,9-40H2,1-8H3;. The van der Waals surface area contributed by atoms with Crippen LogP contribution >= 0.6 is 0 Å². The fourth-order valence-electron chi connectivity index (χ4n) is 16.6. The Bertz CT molecular complexity index is 1390. The number of hydrogen-bond donors (Lipinski definition) is 8. The van der Waals surface area contributed by atoms with Crippen LogP contribution in [0.5, 0.6) is 0 Å². The molecule has 0 spiro atoms. The molecule has 9 aliphatic rings. The summed E-state index contributed by atoms with van der Waals surface area (Å²) < 4.78 is 57.2. The summed E-state index contributed by atoms with van der Waals surface area (Å²) in [6.45, 7) is 24.5. The second-order valence-corrected chi connectivity index (χ2v) is 26.2. The molecule has 5 saturated heterocycles. The Labute approximate surface area is 505 Å². The van der Waals surface area contributed by atoms with Crippen molar-refractivity contribution in [3.05, 3.63) is 0 Å². The van der Waals surface area contributed by atoms with Crippen LogP contribution in [0.2, 0.25) is 0 Å². The fraction of sp³-hybridized carbons (Fsp3) is 1.00. The summed E-state index contributed by atoms with van der Waals surface area (Å²) in [6, 6.07) is 0. The van der Waals surface area contributed by atoms with Crippen molar-refractivity contribution in [2.24, 2.45) is 47.3 Å². The second-order valence-electron chi connectivity index (χ2n) is 26.2. The van der Waals surface area contributed by atoms with Gasteiger partial charge in [-0.05, 0) is 103 Å². The van der Waals surface area contributed by atoms with E-state index in [1.165, 1.54) is 0 Å². The van der Waals surface area contributed by atoms with Gasteiger partial charge in [-0.3, -0.25) is 42.5 Å². The van der Waals surface area contributed by atoms with Crippen molar-refractivity contribution in [2.45, 2.75) is 308 Å². The summed E-state index contributed by atoms with van der Waals surface area (Å²) in [7, 11) is 0. The molecule has 16 nitrogen and oxygen atoms in total. The molecule has 0 amide bonds. The molecule has 0 aromatic rings. The third kappa shape index (κ3) is 16.4. The minimum Gasteiger partial charge on any atom is -0.378 e. The summed E-state index contributed by atoms with van der Waals surface area (Å²) in [5.74, 6) is 1.32. The molecule has 0 aromatic heterocycles. The largest absolute Gasteiger partial charge is 0.378 e. The minimum atomic E-state index is -0.0579. The van der Waals surface area contributed by atoms with Crippen LogP contribution in [0.1, 0.15) is 209 Å². The van der Waals surface area contributed by atoms with Gasteiger partial charge in [-0.1, -0.05) is 107 Å². The molecule has 4 saturated carbocycles. The Morgan fingerprint density at radius 1 is 0.210 bits per heavy atom. The molecular weight excluding hydrogens is 1070 g/mol. The summed E-state index contributed by atoms with van der Waals surface area (Å²) >= 11 is 0. The van der Waals surface area contributed by atoms with Crippen molar-refractivity contribution < 1.29 is 57.4 Å². The van der Waals surface area contributed by atoms with Crippen LogP contribution in [0.3, 0.4) is 0 Å². The zero-order chi connectivity index (χ0) is 55.8. The predicted octanol–water partition coefficient (Wildman–Crippen LogP) is 8.96. The first-order valence-corrected chi connectivity index (χ1v) is 34.4. The molecule has 17 heteroatoms. The summed E-state index contributed by atoms with van der Waals surface area (Å²) in [4.78, 5) is 0. The van der Waals surface area contributed by atoms with Gasteiger partial charge in [-0.25, -0.2) is 0 Å². The normalized spacial score (nSPS) is 41.8. The van der Waals surface area contributed by atoms with E-state index in [0.717, 1.165) is 207 Å². The first kappa shape index (κ1) is 66.9. The van der Waals surface area contributed by atoms with E-state index >= 15 is 0 Å². The van der Waals surface area contributed by atoms with Crippen molar-refractivity contribution >= 4 is 0 Å². The number of unbranched alkanes of at least 4 members (excludes halogenated alkanes) is 8. The van der Waals surface area contributed by atoms with E-state index in [1.54, 1.807) is 0 Å². The van der Waals surface area contributed by atoms with Crippen LogP contribution in [0.15, 0.2) is 0 Å². The molecule has 16 unspecified atom stereocenters. The maximum absolute atomic E-state index is 7.15. The van der Waals surface area contributed by atoms with Crippen molar-refractivity contribution in [3.63, 3.8) is 0 Å². The molecule has 16 atom stereocenters. The molecule has 9 rings (SSSR count). The fourth-order valence-corrected chi connectivity index (χ4v) is 16.6. The van der Waals surface area contributed by atoms with Gasteiger partial charge in [0, 0.05) is 120 Å². The van der Waals surface area contributed by atoms with Gasteiger partial charge in [0.25, 0.3) is 0 Å². The predicted molar refractivity (Wildman–Crippen MR) is 317 cm³/mol. The Morgan fingerprint density at radius 3 is 0.420 bits per heavy atom. The van der Waals surface area contributed by atoms with Gasteiger partial charge in [-0.2, -0.15) is 0 Å². The van der Waals surface area contributed by atoms with Gasteiger partial charge < -0.3 is 37.9 Å². The van der Waals surface area contributed by atoms with E-state index in [1.807, 2.05) is 0 Å².